The van der Waals surface area contributed by atoms with Gasteiger partial charge in [0.15, 0.2) is 5.78 Å². The minimum absolute atomic E-state index is 0.235. The molecule has 0 aliphatic carbocycles. The van der Waals surface area contributed by atoms with E-state index in [0.717, 1.165) is 5.56 Å². The Morgan fingerprint density at radius 1 is 1.26 bits per heavy atom. The van der Waals surface area contributed by atoms with Crippen LogP contribution in [0.15, 0.2) is 48.8 Å². The lowest BCUT2D eigenvalue weighted by molar-refractivity contribution is 0.104. The van der Waals surface area contributed by atoms with Crippen LogP contribution in [0.25, 0.3) is 6.08 Å². The van der Waals surface area contributed by atoms with Gasteiger partial charge in [0.05, 0.1) is 18.9 Å². The van der Waals surface area contributed by atoms with Crippen LogP contribution < -0.4 is 4.90 Å². The van der Waals surface area contributed by atoms with E-state index in [2.05, 4.69) is 4.98 Å². The fraction of sp³-hybridized carbons (Fsp3) is 0.222. The quantitative estimate of drug-likeness (QED) is 0.643. The molecule has 0 saturated carbocycles. The van der Waals surface area contributed by atoms with Gasteiger partial charge in [0.1, 0.15) is 5.82 Å². The maximum absolute atomic E-state index is 14.3. The molecule has 0 radical (unpaired) electrons. The SMILES string of the molecule is O=C(C=Cc1cccnc1)c1ccc(N2CCOCC2)c(F)c1. The molecule has 4 nitrogen and oxygen atoms in total. The summed E-state index contributed by atoms with van der Waals surface area (Å²) >= 11 is 0. The molecule has 1 fully saturated rings. The zero-order valence-corrected chi connectivity index (χ0v) is 12.6. The van der Waals surface area contributed by atoms with Crippen molar-refractivity contribution in [3.63, 3.8) is 0 Å². The largest absolute Gasteiger partial charge is 0.378 e. The first kappa shape index (κ1) is 15.4. The van der Waals surface area contributed by atoms with Gasteiger partial charge in [-0.1, -0.05) is 6.07 Å². The van der Waals surface area contributed by atoms with Crippen LogP contribution in [0.5, 0.6) is 0 Å². The smallest absolute Gasteiger partial charge is 0.185 e. The summed E-state index contributed by atoms with van der Waals surface area (Å²) in [6.07, 6.45) is 6.42. The lowest BCUT2D eigenvalue weighted by atomic mass is 10.1. The maximum atomic E-state index is 14.3. The van der Waals surface area contributed by atoms with Crippen molar-refractivity contribution in [2.45, 2.75) is 0 Å². The van der Waals surface area contributed by atoms with Crippen molar-refractivity contribution in [1.82, 2.24) is 4.98 Å². The number of hydrogen-bond acceptors (Lipinski definition) is 4. The van der Waals surface area contributed by atoms with E-state index in [4.69, 9.17) is 4.74 Å². The summed E-state index contributed by atoms with van der Waals surface area (Å²) in [7, 11) is 0. The predicted molar refractivity (Wildman–Crippen MR) is 87.0 cm³/mol. The number of anilines is 1. The second kappa shape index (κ2) is 7.15. The van der Waals surface area contributed by atoms with Gasteiger partial charge in [0, 0.05) is 31.0 Å². The molecule has 23 heavy (non-hydrogen) atoms. The minimum Gasteiger partial charge on any atom is -0.378 e. The van der Waals surface area contributed by atoms with Crippen molar-refractivity contribution < 1.29 is 13.9 Å². The number of hydrogen-bond donors (Lipinski definition) is 0. The predicted octanol–water partition coefficient (Wildman–Crippen LogP) is 2.95. The van der Waals surface area contributed by atoms with Crippen LogP contribution in [0.3, 0.4) is 0 Å². The van der Waals surface area contributed by atoms with E-state index in [9.17, 15) is 9.18 Å². The normalized spacial score (nSPS) is 15.1. The van der Waals surface area contributed by atoms with Crippen molar-refractivity contribution in [3.05, 3.63) is 65.7 Å². The van der Waals surface area contributed by atoms with Gasteiger partial charge in [0.25, 0.3) is 0 Å². The molecule has 0 N–H and O–H groups in total. The highest BCUT2D eigenvalue weighted by Crippen LogP contribution is 2.22. The summed E-state index contributed by atoms with van der Waals surface area (Å²) in [5.41, 5.74) is 1.67. The van der Waals surface area contributed by atoms with E-state index < -0.39 is 0 Å². The van der Waals surface area contributed by atoms with E-state index >= 15 is 0 Å². The Balaban J connectivity index is 1.74. The lowest BCUT2D eigenvalue weighted by Crippen LogP contribution is -2.36. The van der Waals surface area contributed by atoms with Crippen molar-refractivity contribution in [3.8, 4) is 0 Å². The van der Waals surface area contributed by atoms with Gasteiger partial charge in [-0.25, -0.2) is 4.39 Å². The number of halogens is 1. The monoisotopic (exact) mass is 312 g/mol. The van der Waals surface area contributed by atoms with Crippen LogP contribution in [0.1, 0.15) is 15.9 Å². The molecule has 118 valence electrons. The molecule has 1 aromatic heterocycles. The summed E-state index contributed by atoms with van der Waals surface area (Å²) < 4.78 is 19.6. The van der Waals surface area contributed by atoms with Crippen molar-refractivity contribution in [1.29, 1.82) is 0 Å². The average Bonchev–Trinajstić information content (AvgIpc) is 2.61. The third-order valence-corrected chi connectivity index (χ3v) is 3.70. The van der Waals surface area contributed by atoms with E-state index in [0.29, 0.717) is 37.6 Å². The van der Waals surface area contributed by atoms with Crippen LogP contribution >= 0.6 is 0 Å². The number of allylic oxidation sites excluding steroid dienone is 1. The van der Waals surface area contributed by atoms with E-state index in [-0.39, 0.29) is 11.6 Å². The van der Waals surface area contributed by atoms with Gasteiger partial charge in [-0.3, -0.25) is 9.78 Å². The number of pyridine rings is 1. The molecule has 0 atom stereocenters. The summed E-state index contributed by atoms with van der Waals surface area (Å²) in [6, 6.07) is 8.25. The topological polar surface area (TPSA) is 42.4 Å². The minimum atomic E-state index is -0.382. The molecule has 1 aliphatic heterocycles. The Kier molecular flexibility index (Phi) is 4.78. The highest BCUT2D eigenvalue weighted by Gasteiger charge is 2.16. The Bertz CT molecular complexity index is 710. The van der Waals surface area contributed by atoms with Crippen LogP contribution in [0.2, 0.25) is 0 Å². The van der Waals surface area contributed by atoms with Crippen LogP contribution in [-0.2, 0) is 4.74 Å². The maximum Gasteiger partial charge on any atom is 0.185 e. The molecule has 2 aromatic rings. The summed E-state index contributed by atoms with van der Waals surface area (Å²) in [6.45, 7) is 2.50. The van der Waals surface area contributed by atoms with Crippen molar-refractivity contribution >= 4 is 17.5 Å². The first-order valence-corrected chi connectivity index (χ1v) is 7.49. The van der Waals surface area contributed by atoms with Crippen LogP contribution in [0.4, 0.5) is 10.1 Å². The first-order valence-electron chi connectivity index (χ1n) is 7.49. The van der Waals surface area contributed by atoms with Crippen LogP contribution in [-0.4, -0.2) is 37.1 Å². The standard InChI is InChI=1S/C18H17FN2O2/c19-16-12-15(4-5-17(16)21-8-10-23-11-9-21)18(22)6-3-14-2-1-7-20-13-14/h1-7,12-13H,8-11H2. The number of rotatable bonds is 4. The molecule has 0 spiro atoms. The lowest BCUT2D eigenvalue weighted by Gasteiger charge is -2.29. The Labute approximate surface area is 134 Å². The molecule has 3 rings (SSSR count). The Morgan fingerprint density at radius 3 is 2.78 bits per heavy atom. The third kappa shape index (κ3) is 3.81. The fourth-order valence-corrected chi connectivity index (χ4v) is 2.46. The summed E-state index contributed by atoms with van der Waals surface area (Å²) in [5, 5.41) is 0. The van der Waals surface area contributed by atoms with E-state index in [1.165, 1.54) is 12.1 Å². The molecule has 1 aliphatic rings. The number of carbonyl (C=O) groups excluding carboxylic acids is 1. The number of ketones is 1. The highest BCUT2D eigenvalue weighted by molar-refractivity contribution is 6.07. The molecular formula is C18H17FN2O2. The fourth-order valence-electron chi connectivity index (χ4n) is 2.46. The summed E-state index contributed by atoms with van der Waals surface area (Å²) in [4.78, 5) is 18.1. The second-order valence-electron chi connectivity index (χ2n) is 5.25. The van der Waals surface area contributed by atoms with Gasteiger partial charge < -0.3 is 9.64 Å². The van der Waals surface area contributed by atoms with E-state index in [1.807, 2.05) is 11.0 Å². The van der Waals surface area contributed by atoms with Crippen molar-refractivity contribution in [2.75, 3.05) is 31.2 Å². The number of ether oxygens (including phenoxy) is 1. The zero-order chi connectivity index (χ0) is 16.1. The Hall–Kier alpha value is -2.53. The molecule has 0 unspecified atom stereocenters. The molecule has 5 heteroatoms. The average molecular weight is 312 g/mol. The Morgan fingerprint density at radius 2 is 2.09 bits per heavy atom. The van der Waals surface area contributed by atoms with Gasteiger partial charge in [-0.2, -0.15) is 0 Å². The molecule has 1 saturated heterocycles. The number of benzene rings is 1. The highest BCUT2D eigenvalue weighted by atomic mass is 19.1. The number of carbonyl (C=O) groups is 1. The van der Waals surface area contributed by atoms with E-state index in [1.54, 1.807) is 36.7 Å². The summed E-state index contributed by atoms with van der Waals surface area (Å²) in [5.74, 6) is -0.617. The van der Waals surface area contributed by atoms with Crippen LogP contribution in [0, 0.1) is 5.82 Å². The number of nitrogens with zero attached hydrogens (tertiary/aromatic N) is 2. The van der Waals surface area contributed by atoms with Gasteiger partial charge in [0.2, 0.25) is 0 Å². The van der Waals surface area contributed by atoms with Crippen molar-refractivity contribution in [2.24, 2.45) is 0 Å². The molecule has 0 amide bonds. The number of aromatic nitrogens is 1. The zero-order valence-electron chi connectivity index (χ0n) is 12.6. The number of morpholine rings is 1. The second-order valence-corrected chi connectivity index (χ2v) is 5.25. The molecular weight excluding hydrogens is 295 g/mol. The first-order chi connectivity index (χ1) is 11.2. The van der Waals surface area contributed by atoms with Gasteiger partial charge in [-0.15, -0.1) is 0 Å². The molecule has 2 heterocycles. The molecule has 0 bridgehead atoms. The van der Waals surface area contributed by atoms with Gasteiger partial charge >= 0.3 is 0 Å². The third-order valence-electron chi connectivity index (χ3n) is 3.70. The molecule has 1 aromatic carbocycles. The van der Waals surface area contributed by atoms with Gasteiger partial charge in [-0.05, 0) is 42.0 Å².